The average Bonchev–Trinajstić information content (AvgIpc) is 2.78. The Balaban J connectivity index is 2.84. The molecule has 2 rings (SSSR count). The molecular weight excluding hydrogens is 567 g/mol. The number of halogens is 2. The molecule has 0 aliphatic carbocycles. The maximum Gasteiger partial charge on any atom is 0.146 e. The first kappa shape index (κ1) is 30.7. The summed E-state index contributed by atoms with van der Waals surface area (Å²) in [4.78, 5) is 4.54. The van der Waals surface area contributed by atoms with Gasteiger partial charge >= 0.3 is 0 Å². The number of hydrogen-bond donors (Lipinski definition) is 1. The minimum absolute atomic E-state index is 0.0792. The number of nitriles is 1. The molecule has 35 heavy (non-hydrogen) atoms. The van der Waals surface area contributed by atoms with Crippen molar-refractivity contribution in [2.24, 2.45) is 4.36 Å². The van der Waals surface area contributed by atoms with Crippen LogP contribution in [-0.4, -0.2) is 43.6 Å². The van der Waals surface area contributed by atoms with Gasteiger partial charge in [0.15, 0.2) is 0 Å². The molecule has 2 heterocycles. The minimum atomic E-state index is -3.12. The van der Waals surface area contributed by atoms with E-state index in [0.29, 0.717) is 29.2 Å². The van der Waals surface area contributed by atoms with Crippen LogP contribution < -0.4 is 9.91 Å². The molecule has 1 aliphatic rings. The van der Waals surface area contributed by atoms with Crippen LogP contribution in [-0.2, 0) is 26.6 Å². The largest absolute Gasteiger partial charge is 0.598 e. The van der Waals surface area contributed by atoms with Crippen LogP contribution in [0.15, 0.2) is 15.0 Å². The molecule has 0 saturated carbocycles. The van der Waals surface area contributed by atoms with Crippen molar-refractivity contribution in [2.75, 3.05) is 12.3 Å². The van der Waals surface area contributed by atoms with Crippen molar-refractivity contribution >= 4 is 50.3 Å². The first-order chi connectivity index (χ1) is 16.1. The molecule has 6 nitrogen and oxygen atoms in total. The molecule has 1 unspecified atom stereocenters. The van der Waals surface area contributed by atoms with Crippen LogP contribution in [0, 0.1) is 17.1 Å². The van der Waals surface area contributed by atoms with Gasteiger partial charge in [-0.25, -0.2) is 17.9 Å². The standard InChI is InChI=1S/C24H40BrFN4O2S2Si/c1-9-35(10-2,11-3)18-15-19(25)29-21(20(18)26)24(8,30-33(31)22(4,5)6)17-34(32)23(7,16-27)13-12-14-28-34/h15,30H,9-14,17H2,1-8H3/t23-,24-,33?,34+/m0/s1. The number of nitrogens with zero attached hydrogens (tertiary/aromatic N) is 3. The van der Waals surface area contributed by atoms with E-state index in [1.54, 1.807) is 19.9 Å². The maximum atomic E-state index is 16.5. The zero-order valence-corrected chi connectivity index (χ0v) is 26.5. The highest BCUT2D eigenvalue weighted by molar-refractivity contribution is 9.10. The molecule has 1 N–H and O–H groups in total. The van der Waals surface area contributed by atoms with Crippen molar-refractivity contribution in [2.45, 2.75) is 101 Å². The highest BCUT2D eigenvalue weighted by Gasteiger charge is 2.49. The number of nitrogens with one attached hydrogen (secondary N) is 1. The normalized spacial score (nSPS) is 25.9. The van der Waals surface area contributed by atoms with Gasteiger partial charge in [0.1, 0.15) is 31.1 Å². The first-order valence-corrected chi connectivity index (χ1v) is 18.5. The predicted octanol–water partition coefficient (Wildman–Crippen LogP) is 5.51. The molecule has 1 aromatic heterocycles. The highest BCUT2D eigenvalue weighted by atomic mass is 79.9. The van der Waals surface area contributed by atoms with E-state index in [4.69, 9.17) is 0 Å². The maximum absolute atomic E-state index is 16.5. The SMILES string of the molecule is CC[Si](CC)(CC)c1cc(Br)nc([C@](C)(C[S@]2(=O)=NCCC[C@@]2(C)C#N)N[S+]([O-])C(C)(C)C)c1F. The lowest BCUT2D eigenvalue weighted by atomic mass is 10.0. The third-order valence-corrected chi connectivity index (χ3v) is 18.5. The van der Waals surface area contributed by atoms with Crippen LogP contribution in [0.4, 0.5) is 4.39 Å². The zero-order valence-electron chi connectivity index (χ0n) is 22.3. The lowest BCUT2D eigenvalue weighted by molar-refractivity contribution is 0.422. The third-order valence-electron chi connectivity index (χ3n) is 7.46. The smallest absolute Gasteiger partial charge is 0.146 e. The number of aromatic nitrogens is 1. The van der Waals surface area contributed by atoms with Crippen molar-refractivity contribution in [1.82, 2.24) is 9.71 Å². The summed E-state index contributed by atoms with van der Waals surface area (Å²) in [7, 11) is -5.27. The molecule has 0 spiro atoms. The lowest BCUT2D eigenvalue weighted by Crippen LogP contribution is -2.57. The molecule has 1 aliphatic heterocycles. The summed E-state index contributed by atoms with van der Waals surface area (Å²) >= 11 is 1.88. The van der Waals surface area contributed by atoms with Gasteiger partial charge in [-0.2, -0.15) is 5.26 Å². The van der Waals surface area contributed by atoms with Crippen molar-refractivity contribution in [1.29, 1.82) is 5.26 Å². The highest BCUT2D eigenvalue weighted by Crippen LogP contribution is 2.37. The molecule has 0 amide bonds. The van der Waals surface area contributed by atoms with Crippen LogP contribution in [0.3, 0.4) is 0 Å². The first-order valence-electron chi connectivity index (χ1n) is 12.2. The second-order valence-corrected chi connectivity index (χ2v) is 21.6. The number of rotatable bonds is 9. The molecule has 0 aromatic carbocycles. The van der Waals surface area contributed by atoms with E-state index in [1.165, 1.54) is 0 Å². The molecule has 198 valence electrons. The summed E-state index contributed by atoms with van der Waals surface area (Å²) in [5.74, 6) is -0.589. The predicted molar refractivity (Wildman–Crippen MR) is 151 cm³/mol. The van der Waals surface area contributed by atoms with Crippen molar-refractivity contribution in [3.05, 3.63) is 22.2 Å². The molecule has 1 aromatic rings. The second kappa shape index (κ2) is 11.1. The van der Waals surface area contributed by atoms with E-state index >= 15 is 4.39 Å². The zero-order chi connectivity index (χ0) is 26.9. The molecule has 11 heteroatoms. The van der Waals surface area contributed by atoms with Gasteiger partial charge in [-0.3, -0.25) is 0 Å². The van der Waals surface area contributed by atoms with Crippen LogP contribution in [0.2, 0.25) is 18.1 Å². The van der Waals surface area contributed by atoms with Crippen LogP contribution in [0.25, 0.3) is 0 Å². The van der Waals surface area contributed by atoms with Gasteiger partial charge < -0.3 is 4.55 Å². The quantitative estimate of drug-likeness (QED) is 0.227. The van der Waals surface area contributed by atoms with Crippen LogP contribution in [0.1, 0.15) is 73.9 Å². The summed E-state index contributed by atoms with van der Waals surface area (Å²) < 4.78 is 50.3. The molecule has 0 saturated heterocycles. The van der Waals surface area contributed by atoms with Crippen molar-refractivity contribution in [3.63, 3.8) is 0 Å². The van der Waals surface area contributed by atoms with E-state index in [9.17, 15) is 14.0 Å². The Morgan fingerprint density at radius 3 is 2.37 bits per heavy atom. The van der Waals surface area contributed by atoms with Gasteiger partial charge in [0.25, 0.3) is 0 Å². The average molecular weight is 608 g/mol. The van der Waals surface area contributed by atoms with Gasteiger partial charge in [0, 0.05) is 17.9 Å². The van der Waals surface area contributed by atoms with E-state index in [-0.39, 0.29) is 11.4 Å². The van der Waals surface area contributed by atoms with Gasteiger partial charge in [-0.15, -0.1) is 4.72 Å². The summed E-state index contributed by atoms with van der Waals surface area (Å²) in [5, 5.41) is 10.6. The van der Waals surface area contributed by atoms with E-state index < -0.39 is 50.0 Å². The van der Waals surface area contributed by atoms with Gasteiger partial charge in [0.2, 0.25) is 0 Å². The fourth-order valence-corrected chi connectivity index (χ4v) is 12.7. The van der Waals surface area contributed by atoms with Crippen molar-refractivity contribution in [3.8, 4) is 6.07 Å². The van der Waals surface area contributed by atoms with Gasteiger partial charge in [-0.1, -0.05) is 38.9 Å². The Kier molecular flexibility index (Phi) is 9.72. The fourth-order valence-electron chi connectivity index (χ4n) is 4.73. The fraction of sp³-hybridized carbons (Fsp3) is 0.750. The van der Waals surface area contributed by atoms with E-state index in [0.717, 1.165) is 18.1 Å². The van der Waals surface area contributed by atoms with E-state index in [2.05, 4.69) is 56.8 Å². The van der Waals surface area contributed by atoms with Gasteiger partial charge in [-0.05, 0) is 74.6 Å². The Morgan fingerprint density at radius 2 is 1.89 bits per heavy atom. The monoisotopic (exact) mass is 606 g/mol. The van der Waals surface area contributed by atoms with Gasteiger partial charge in [0.05, 0.1) is 29.6 Å². The summed E-state index contributed by atoms with van der Waals surface area (Å²) in [6.45, 7) is 15.5. The molecule has 0 bridgehead atoms. The topological polar surface area (TPSA) is 101 Å². The van der Waals surface area contributed by atoms with Crippen LogP contribution >= 0.6 is 15.9 Å². The Hall–Kier alpha value is -0.513. The van der Waals surface area contributed by atoms with E-state index in [1.807, 2.05) is 20.8 Å². The minimum Gasteiger partial charge on any atom is -0.598 e. The summed E-state index contributed by atoms with van der Waals surface area (Å²) in [5.41, 5.74) is -1.30. The summed E-state index contributed by atoms with van der Waals surface area (Å²) in [6, 6.07) is 6.65. The van der Waals surface area contributed by atoms with Crippen molar-refractivity contribution < 1.29 is 13.2 Å². The Morgan fingerprint density at radius 1 is 1.31 bits per heavy atom. The number of hydrogen-bond acceptors (Lipinski definition) is 6. The Bertz CT molecular complexity index is 1090. The van der Waals surface area contributed by atoms with Crippen LogP contribution in [0.5, 0.6) is 0 Å². The third kappa shape index (κ3) is 5.98. The molecule has 4 atom stereocenters. The second-order valence-electron chi connectivity index (χ2n) is 10.9. The molecular formula is C24H40BrFN4O2S2Si. The molecule has 0 radical (unpaired) electrons. The number of pyridine rings is 1. The lowest BCUT2D eigenvalue weighted by Gasteiger charge is -2.39. The summed E-state index contributed by atoms with van der Waals surface area (Å²) in [6.07, 6.45) is 1.12. The molecule has 0 fully saturated rings. The Labute approximate surface area is 223 Å².